The van der Waals surface area contributed by atoms with E-state index in [1.54, 1.807) is 20.1 Å². The number of esters is 2. The number of ether oxygens (including phenoxy) is 2. The summed E-state index contributed by atoms with van der Waals surface area (Å²) >= 11 is 1.27. The van der Waals surface area contributed by atoms with Gasteiger partial charge in [0.2, 0.25) is 0 Å². The molecule has 1 aliphatic carbocycles. The van der Waals surface area contributed by atoms with Gasteiger partial charge in [-0.1, -0.05) is 6.42 Å². The summed E-state index contributed by atoms with van der Waals surface area (Å²) in [4.78, 5) is 24.9. The molecule has 0 saturated heterocycles. The Labute approximate surface area is 158 Å². The lowest BCUT2D eigenvalue weighted by Crippen LogP contribution is -2.20. The highest BCUT2D eigenvalue weighted by atomic mass is 32.2. The highest BCUT2D eigenvalue weighted by Gasteiger charge is 2.30. The number of rotatable bonds is 7. The number of hydrogen-bond donors (Lipinski definition) is 0. The van der Waals surface area contributed by atoms with Gasteiger partial charge in [-0.3, -0.25) is 4.79 Å². The van der Waals surface area contributed by atoms with Crippen LogP contribution in [-0.2, 0) is 19.1 Å². The fourth-order valence-corrected chi connectivity index (χ4v) is 3.76. The van der Waals surface area contributed by atoms with Crippen molar-refractivity contribution in [2.24, 2.45) is 5.92 Å². The summed E-state index contributed by atoms with van der Waals surface area (Å²) < 4.78 is 10.0. The zero-order valence-electron chi connectivity index (χ0n) is 15.5. The van der Waals surface area contributed by atoms with E-state index in [2.05, 4.69) is 0 Å². The van der Waals surface area contributed by atoms with Gasteiger partial charge in [-0.25, -0.2) is 4.79 Å². The molecule has 0 saturated carbocycles. The Balaban J connectivity index is 3.57. The monoisotopic (exact) mass is 376 g/mol. The molecule has 0 unspecified atom stereocenters. The van der Waals surface area contributed by atoms with E-state index in [4.69, 9.17) is 9.47 Å². The number of hydrogen-bond acceptors (Lipinski definition) is 7. The molecule has 1 atom stereocenters. The van der Waals surface area contributed by atoms with Crippen LogP contribution < -0.4 is 0 Å². The van der Waals surface area contributed by atoms with Crippen LogP contribution in [0.25, 0.3) is 0 Å². The minimum atomic E-state index is -1.02. The molecule has 0 aliphatic heterocycles. The van der Waals surface area contributed by atoms with Crippen molar-refractivity contribution < 1.29 is 19.1 Å². The second kappa shape index (κ2) is 11.4. The van der Waals surface area contributed by atoms with Crippen molar-refractivity contribution in [3.05, 3.63) is 21.6 Å². The van der Waals surface area contributed by atoms with Gasteiger partial charge in [0.05, 0.1) is 19.3 Å². The van der Waals surface area contributed by atoms with Gasteiger partial charge < -0.3 is 9.47 Å². The summed E-state index contributed by atoms with van der Waals surface area (Å²) in [5, 5.41) is 19.1. The third kappa shape index (κ3) is 5.37. The number of carbonyl (C=O) groups excluding carboxylic acids is 2. The van der Waals surface area contributed by atoms with E-state index >= 15 is 0 Å². The lowest BCUT2D eigenvalue weighted by Gasteiger charge is -2.19. The van der Waals surface area contributed by atoms with Gasteiger partial charge >= 0.3 is 11.9 Å². The van der Waals surface area contributed by atoms with Gasteiger partial charge in [0.25, 0.3) is 0 Å². The summed E-state index contributed by atoms with van der Waals surface area (Å²) in [5.74, 6) is -2.29. The molecule has 1 aliphatic rings. The van der Waals surface area contributed by atoms with Crippen LogP contribution in [0.15, 0.2) is 21.6 Å². The standard InChI is InChI=1S/C19H24N2O4S/c1-4-24-18(22)15(11-20)13-9-7-6-8-10-14(13)17(26-3)16(12-21)19(23)25-5-2/h15H,4-10H2,1-3H3/b17-16+/t15-/m1/s1. The summed E-state index contributed by atoms with van der Waals surface area (Å²) in [6.07, 6.45) is 5.61. The van der Waals surface area contributed by atoms with Crippen molar-refractivity contribution in [3.63, 3.8) is 0 Å². The highest BCUT2D eigenvalue weighted by molar-refractivity contribution is 8.02. The normalized spacial score (nSPS) is 16.5. The van der Waals surface area contributed by atoms with Crippen LogP contribution in [0, 0.1) is 28.6 Å². The van der Waals surface area contributed by atoms with Crippen molar-refractivity contribution in [1.82, 2.24) is 0 Å². The first-order chi connectivity index (χ1) is 12.5. The predicted molar refractivity (Wildman–Crippen MR) is 98.6 cm³/mol. The minimum absolute atomic E-state index is 0.0747. The maximum absolute atomic E-state index is 12.3. The first kappa shape index (κ1) is 21.8. The smallest absolute Gasteiger partial charge is 0.350 e. The molecular formula is C19H24N2O4S. The maximum Gasteiger partial charge on any atom is 0.350 e. The van der Waals surface area contributed by atoms with Crippen LogP contribution in [0.4, 0.5) is 0 Å². The average Bonchev–Trinajstić information content (AvgIpc) is 2.86. The molecule has 0 aromatic rings. The van der Waals surface area contributed by atoms with Crippen molar-refractivity contribution in [3.8, 4) is 12.1 Å². The summed E-state index contributed by atoms with van der Waals surface area (Å²) in [5.41, 5.74) is 1.32. The van der Waals surface area contributed by atoms with Crippen LogP contribution in [0.5, 0.6) is 0 Å². The Bertz CT molecular complexity index is 683. The summed E-state index contributed by atoms with van der Waals surface area (Å²) in [7, 11) is 0. The Kier molecular flexibility index (Phi) is 9.54. The van der Waals surface area contributed by atoms with Crippen LogP contribution in [-0.4, -0.2) is 31.4 Å². The molecular weight excluding hydrogens is 352 g/mol. The topological polar surface area (TPSA) is 100 Å². The summed E-state index contributed by atoms with van der Waals surface area (Å²) in [6, 6.07) is 3.98. The molecule has 0 amide bonds. The Morgan fingerprint density at radius 1 is 1.12 bits per heavy atom. The van der Waals surface area contributed by atoms with Crippen LogP contribution >= 0.6 is 11.8 Å². The molecule has 0 aromatic heterocycles. The van der Waals surface area contributed by atoms with Crippen molar-refractivity contribution in [2.75, 3.05) is 19.5 Å². The molecule has 0 bridgehead atoms. The van der Waals surface area contributed by atoms with Crippen molar-refractivity contribution >= 4 is 23.7 Å². The fourth-order valence-electron chi connectivity index (χ4n) is 2.95. The number of carbonyl (C=O) groups is 2. The van der Waals surface area contributed by atoms with Crippen molar-refractivity contribution in [1.29, 1.82) is 10.5 Å². The van der Waals surface area contributed by atoms with Crippen LogP contribution in [0.1, 0.15) is 46.0 Å². The molecule has 6 nitrogen and oxygen atoms in total. The summed E-state index contributed by atoms with van der Waals surface area (Å²) in [6.45, 7) is 3.73. The van der Waals surface area contributed by atoms with Crippen LogP contribution in [0.2, 0.25) is 0 Å². The van der Waals surface area contributed by atoms with E-state index in [0.29, 0.717) is 23.3 Å². The predicted octanol–water partition coefficient (Wildman–Crippen LogP) is 3.65. The number of allylic oxidation sites excluding steroid dienone is 1. The van der Waals surface area contributed by atoms with Gasteiger partial charge in [0.1, 0.15) is 6.07 Å². The van der Waals surface area contributed by atoms with E-state index in [-0.39, 0.29) is 18.8 Å². The van der Waals surface area contributed by atoms with E-state index in [9.17, 15) is 20.1 Å². The SMILES string of the molecule is CCOC(=O)/C(C#N)=C(/SC)C1=C([C@@H](C#N)C(=O)OCC)CCCCC1. The van der Waals surface area contributed by atoms with E-state index in [1.165, 1.54) is 11.8 Å². The zero-order valence-corrected chi connectivity index (χ0v) is 16.3. The molecule has 7 heteroatoms. The van der Waals surface area contributed by atoms with E-state index in [0.717, 1.165) is 24.8 Å². The second-order valence-corrected chi connectivity index (χ2v) is 6.44. The highest BCUT2D eigenvalue weighted by Crippen LogP contribution is 2.38. The molecule has 26 heavy (non-hydrogen) atoms. The lowest BCUT2D eigenvalue weighted by atomic mass is 9.90. The Morgan fingerprint density at radius 3 is 2.31 bits per heavy atom. The Hall–Kier alpha value is -2.25. The molecule has 0 radical (unpaired) electrons. The second-order valence-electron chi connectivity index (χ2n) is 5.62. The molecule has 140 valence electrons. The number of nitriles is 2. The molecule has 0 spiro atoms. The van der Waals surface area contributed by atoms with Crippen LogP contribution in [0.3, 0.4) is 0 Å². The van der Waals surface area contributed by atoms with Crippen molar-refractivity contribution in [2.45, 2.75) is 46.0 Å². The first-order valence-electron chi connectivity index (χ1n) is 8.69. The van der Waals surface area contributed by atoms with E-state index in [1.807, 2.05) is 12.1 Å². The first-order valence-corrected chi connectivity index (χ1v) is 9.92. The quantitative estimate of drug-likeness (QED) is 0.380. The average molecular weight is 376 g/mol. The van der Waals surface area contributed by atoms with Gasteiger partial charge in [-0.05, 0) is 56.9 Å². The fraction of sp³-hybridized carbons (Fsp3) is 0.579. The van der Waals surface area contributed by atoms with Gasteiger partial charge in [0.15, 0.2) is 11.5 Å². The maximum atomic E-state index is 12.3. The zero-order chi connectivity index (χ0) is 19.5. The number of thioether (sulfide) groups is 1. The lowest BCUT2D eigenvalue weighted by molar-refractivity contribution is -0.145. The van der Waals surface area contributed by atoms with Gasteiger partial charge in [0, 0.05) is 4.91 Å². The molecule has 0 heterocycles. The molecule has 0 fully saturated rings. The molecule has 0 N–H and O–H groups in total. The number of nitrogens with zero attached hydrogens (tertiary/aromatic N) is 2. The van der Waals surface area contributed by atoms with E-state index < -0.39 is 17.9 Å². The third-order valence-electron chi connectivity index (χ3n) is 4.06. The molecule has 0 aromatic carbocycles. The minimum Gasteiger partial charge on any atom is -0.465 e. The Morgan fingerprint density at radius 2 is 1.77 bits per heavy atom. The van der Waals surface area contributed by atoms with Gasteiger partial charge in [-0.15, -0.1) is 11.8 Å². The van der Waals surface area contributed by atoms with Gasteiger partial charge in [-0.2, -0.15) is 10.5 Å². The largest absolute Gasteiger partial charge is 0.465 e. The molecule has 1 rings (SSSR count). The third-order valence-corrected chi connectivity index (χ3v) is 4.92.